The van der Waals surface area contributed by atoms with Crippen molar-refractivity contribution in [3.63, 3.8) is 0 Å². The molecule has 0 aliphatic heterocycles. The van der Waals surface area contributed by atoms with E-state index in [-0.39, 0.29) is 0 Å². The summed E-state index contributed by atoms with van der Waals surface area (Å²) in [6.07, 6.45) is 2.39. The molecule has 0 saturated carbocycles. The lowest BCUT2D eigenvalue weighted by atomic mass is 10.2. The Labute approximate surface area is 111 Å². The van der Waals surface area contributed by atoms with Gasteiger partial charge in [-0.15, -0.1) is 11.3 Å². The molecule has 2 aromatic heterocycles. The molecule has 0 aliphatic rings. The highest BCUT2D eigenvalue weighted by molar-refractivity contribution is 7.09. The van der Waals surface area contributed by atoms with Gasteiger partial charge >= 0.3 is 0 Å². The summed E-state index contributed by atoms with van der Waals surface area (Å²) >= 11 is 1.76. The smallest absolute Gasteiger partial charge is 0.137 e. The number of nitrogens with two attached hydrogens (primary N) is 1. The molecule has 2 rings (SSSR count). The standard InChI is InChI=1S/C13H18N4S/c1-3-11-12(14)15-9-16-13(11)17(4-2)8-10-6-5-7-18-10/h5-7,9H,3-4,8H2,1-2H3,(H2,14,15,16). The van der Waals surface area contributed by atoms with Crippen LogP contribution in [0.5, 0.6) is 0 Å². The maximum Gasteiger partial charge on any atom is 0.137 e. The first-order valence-electron chi connectivity index (χ1n) is 6.12. The molecule has 96 valence electrons. The Morgan fingerprint density at radius 2 is 2.17 bits per heavy atom. The van der Waals surface area contributed by atoms with Crippen molar-refractivity contribution < 1.29 is 0 Å². The van der Waals surface area contributed by atoms with E-state index in [1.54, 1.807) is 17.7 Å². The quantitative estimate of drug-likeness (QED) is 0.900. The van der Waals surface area contributed by atoms with Gasteiger partial charge in [-0.05, 0) is 24.8 Å². The predicted molar refractivity (Wildman–Crippen MR) is 76.9 cm³/mol. The topological polar surface area (TPSA) is 55.0 Å². The van der Waals surface area contributed by atoms with Crippen LogP contribution < -0.4 is 10.6 Å². The SMILES string of the molecule is CCc1c(N)ncnc1N(CC)Cc1cccs1. The highest BCUT2D eigenvalue weighted by Crippen LogP contribution is 2.24. The van der Waals surface area contributed by atoms with Gasteiger partial charge in [0.05, 0.1) is 6.54 Å². The third-order valence-electron chi connectivity index (χ3n) is 2.92. The molecule has 0 bridgehead atoms. The van der Waals surface area contributed by atoms with Gasteiger partial charge in [0.15, 0.2) is 0 Å². The lowest BCUT2D eigenvalue weighted by Gasteiger charge is -2.23. The van der Waals surface area contributed by atoms with Crippen molar-refractivity contribution in [1.29, 1.82) is 0 Å². The first kappa shape index (κ1) is 12.8. The van der Waals surface area contributed by atoms with Gasteiger partial charge in [-0.2, -0.15) is 0 Å². The second-order valence-electron chi connectivity index (χ2n) is 4.01. The van der Waals surface area contributed by atoms with Crippen LogP contribution in [-0.2, 0) is 13.0 Å². The minimum atomic E-state index is 0.590. The molecule has 2 heterocycles. The van der Waals surface area contributed by atoms with Crippen LogP contribution in [0.25, 0.3) is 0 Å². The summed E-state index contributed by atoms with van der Waals surface area (Å²) < 4.78 is 0. The molecule has 0 saturated heterocycles. The van der Waals surface area contributed by atoms with Gasteiger partial charge in [-0.25, -0.2) is 9.97 Å². The summed E-state index contributed by atoms with van der Waals surface area (Å²) in [7, 11) is 0. The number of thiophene rings is 1. The van der Waals surface area contributed by atoms with Crippen LogP contribution in [0.15, 0.2) is 23.8 Å². The third kappa shape index (κ3) is 2.61. The van der Waals surface area contributed by atoms with Crippen molar-refractivity contribution in [3.05, 3.63) is 34.3 Å². The third-order valence-corrected chi connectivity index (χ3v) is 3.78. The van der Waals surface area contributed by atoms with Crippen LogP contribution in [0, 0.1) is 0 Å². The first-order chi connectivity index (χ1) is 8.76. The zero-order valence-corrected chi connectivity index (χ0v) is 11.6. The van der Waals surface area contributed by atoms with Gasteiger partial charge in [0, 0.05) is 17.0 Å². The number of aromatic nitrogens is 2. The first-order valence-corrected chi connectivity index (χ1v) is 7.00. The fourth-order valence-corrected chi connectivity index (χ4v) is 2.67. The fraction of sp³-hybridized carbons (Fsp3) is 0.385. The second-order valence-corrected chi connectivity index (χ2v) is 5.04. The molecule has 0 spiro atoms. The molecular weight excluding hydrogens is 244 g/mol. The van der Waals surface area contributed by atoms with Gasteiger partial charge in [0.1, 0.15) is 18.0 Å². The summed E-state index contributed by atoms with van der Waals surface area (Å²) in [4.78, 5) is 12.0. The molecular formula is C13H18N4S. The van der Waals surface area contributed by atoms with Gasteiger partial charge in [0.25, 0.3) is 0 Å². The van der Waals surface area contributed by atoms with Crippen molar-refractivity contribution in [1.82, 2.24) is 9.97 Å². The van der Waals surface area contributed by atoms with Crippen LogP contribution in [0.4, 0.5) is 11.6 Å². The van der Waals surface area contributed by atoms with Crippen molar-refractivity contribution in [2.45, 2.75) is 26.8 Å². The van der Waals surface area contributed by atoms with Gasteiger partial charge in [-0.1, -0.05) is 13.0 Å². The Morgan fingerprint density at radius 1 is 1.33 bits per heavy atom. The predicted octanol–water partition coefficient (Wildman–Crippen LogP) is 2.71. The Bertz CT molecular complexity index is 496. The van der Waals surface area contributed by atoms with Crippen LogP contribution >= 0.6 is 11.3 Å². The Kier molecular flexibility index (Phi) is 4.15. The van der Waals surface area contributed by atoms with Crippen LogP contribution in [-0.4, -0.2) is 16.5 Å². The average Bonchev–Trinajstić information content (AvgIpc) is 2.88. The molecule has 0 aliphatic carbocycles. The highest BCUT2D eigenvalue weighted by atomic mass is 32.1. The maximum atomic E-state index is 5.92. The van der Waals surface area contributed by atoms with E-state index in [0.717, 1.165) is 30.9 Å². The fourth-order valence-electron chi connectivity index (χ4n) is 1.95. The minimum Gasteiger partial charge on any atom is -0.383 e. The van der Waals surface area contributed by atoms with Gasteiger partial charge < -0.3 is 10.6 Å². The monoisotopic (exact) mass is 262 g/mol. The van der Waals surface area contributed by atoms with E-state index in [1.165, 1.54) is 4.88 Å². The van der Waals surface area contributed by atoms with Crippen LogP contribution in [0.2, 0.25) is 0 Å². The molecule has 2 N–H and O–H groups in total. The lowest BCUT2D eigenvalue weighted by Crippen LogP contribution is -2.24. The summed E-state index contributed by atoms with van der Waals surface area (Å²) in [5.41, 5.74) is 6.96. The molecule has 0 aromatic carbocycles. The molecule has 4 nitrogen and oxygen atoms in total. The molecule has 0 radical (unpaired) electrons. The number of hydrogen-bond donors (Lipinski definition) is 1. The molecule has 0 fully saturated rings. The maximum absolute atomic E-state index is 5.92. The second kappa shape index (κ2) is 5.82. The normalized spacial score (nSPS) is 10.6. The van der Waals surface area contributed by atoms with Crippen LogP contribution in [0.3, 0.4) is 0 Å². The largest absolute Gasteiger partial charge is 0.383 e. The zero-order chi connectivity index (χ0) is 13.0. The summed E-state index contributed by atoms with van der Waals surface area (Å²) in [6, 6.07) is 4.21. The highest BCUT2D eigenvalue weighted by Gasteiger charge is 2.14. The number of rotatable bonds is 5. The van der Waals surface area contributed by atoms with E-state index in [0.29, 0.717) is 5.82 Å². The summed E-state index contributed by atoms with van der Waals surface area (Å²) in [5.74, 6) is 1.55. The minimum absolute atomic E-state index is 0.590. The number of hydrogen-bond acceptors (Lipinski definition) is 5. The molecule has 0 atom stereocenters. The molecule has 0 unspecified atom stereocenters. The van der Waals surface area contributed by atoms with Crippen molar-refractivity contribution in [3.8, 4) is 0 Å². The molecule has 0 amide bonds. The van der Waals surface area contributed by atoms with E-state index in [4.69, 9.17) is 5.73 Å². The Morgan fingerprint density at radius 3 is 2.78 bits per heavy atom. The zero-order valence-electron chi connectivity index (χ0n) is 10.8. The summed E-state index contributed by atoms with van der Waals surface area (Å²) in [5, 5.41) is 2.10. The molecule has 5 heteroatoms. The van der Waals surface area contributed by atoms with E-state index in [2.05, 4.69) is 46.2 Å². The van der Waals surface area contributed by atoms with E-state index < -0.39 is 0 Å². The Balaban J connectivity index is 2.30. The average molecular weight is 262 g/mol. The van der Waals surface area contributed by atoms with Crippen molar-refractivity contribution >= 4 is 23.0 Å². The number of nitrogen functional groups attached to an aromatic ring is 1. The number of nitrogens with zero attached hydrogens (tertiary/aromatic N) is 3. The van der Waals surface area contributed by atoms with Gasteiger partial charge in [0.2, 0.25) is 0 Å². The number of anilines is 2. The van der Waals surface area contributed by atoms with Gasteiger partial charge in [-0.3, -0.25) is 0 Å². The van der Waals surface area contributed by atoms with E-state index >= 15 is 0 Å². The molecule has 2 aromatic rings. The van der Waals surface area contributed by atoms with Crippen LogP contribution in [0.1, 0.15) is 24.3 Å². The van der Waals surface area contributed by atoms with Crippen molar-refractivity contribution in [2.75, 3.05) is 17.2 Å². The molecule has 18 heavy (non-hydrogen) atoms. The van der Waals surface area contributed by atoms with Crippen molar-refractivity contribution in [2.24, 2.45) is 0 Å². The summed E-state index contributed by atoms with van der Waals surface area (Å²) in [6.45, 7) is 5.99. The van der Waals surface area contributed by atoms with E-state index in [9.17, 15) is 0 Å². The lowest BCUT2D eigenvalue weighted by molar-refractivity contribution is 0.808. The Hall–Kier alpha value is -1.62. The van der Waals surface area contributed by atoms with E-state index in [1.807, 2.05) is 0 Å².